The maximum absolute atomic E-state index is 13.7. The first-order chi connectivity index (χ1) is 16.3. The van der Waals surface area contributed by atoms with Crippen molar-refractivity contribution in [1.29, 1.82) is 0 Å². The molecule has 5 rings (SSSR count). The van der Waals surface area contributed by atoms with Gasteiger partial charge in [0.2, 0.25) is 5.91 Å². The Morgan fingerprint density at radius 2 is 1.64 bits per heavy atom. The fourth-order valence-electron chi connectivity index (χ4n) is 4.49. The van der Waals surface area contributed by atoms with Crippen molar-refractivity contribution in [3.05, 3.63) is 66.0 Å². The highest BCUT2D eigenvalue weighted by Crippen LogP contribution is 2.39. The number of amides is 1. The Hall–Kier alpha value is -2.48. The molecule has 6 nitrogen and oxygen atoms in total. The second-order valence-corrected chi connectivity index (χ2v) is 9.74. The zero-order chi connectivity index (χ0) is 22.5. The van der Waals surface area contributed by atoms with E-state index in [1.54, 1.807) is 11.8 Å². The minimum Gasteiger partial charge on any atom is -0.379 e. The molecule has 33 heavy (non-hydrogen) atoms. The second-order valence-electron chi connectivity index (χ2n) is 8.65. The smallest absolute Gasteiger partial charge is 0.240 e. The molecule has 0 radical (unpaired) electrons. The summed E-state index contributed by atoms with van der Waals surface area (Å²) in [4.78, 5) is 27.9. The number of thioether (sulfide) groups is 1. The van der Waals surface area contributed by atoms with Gasteiger partial charge in [-0.25, -0.2) is 9.97 Å². The van der Waals surface area contributed by atoms with Crippen molar-refractivity contribution in [1.82, 2.24) is 19.8 Å². The fourth-order valence-corrected chi connectivity index (χ4v) is 5.72. The van der Waals surface area contributed by atoms with Crippen LogP contribution in [0.2, 0.25) is 0 Å². The largest absolute Gasteiger partial charge is 0.379 e. The Labute approximate surface area is 199 Å². The Bertz CT molecular complexity index is 1080. The van der Waals surface area contributed by atoms with Crippen LogP contribution in [-0.2, 0) is 16.1 Å². The van der Waals surface area contributed by atoms with Gasteiger partial charge < -0.3 is 9.64 Å². The number of fused-ring (bicyclic) bond motifs is 1. The molecular formula is C26H30N4O2S. The number of piperidine rings is 1. The molecule has 1 atom stereocenters. The summed E-state index contributed by atoms with van der Waals surface area (Å²) < 4.78 is 5.49. The van der Waals surface area contributed by atoms with Crippen molar-refractivity contribution in [2.75, 3.05) is 39.4 Å². The second kappa shape index (κ2) is 10.6. The van der Waals surface area contributed by atoms with Gasteiger partial charge in [0.25, 0.3) is 0 Å². The third-order valence-corrected chi connectivity index (χ3v) is 7.55. The van der Waals surface area contributed by atoms with Crippen LogP contribution in [0.15, 0.2) is 59.6 Å². The number of morpholine rings is 1. The van der Waals surface area contributed by atoms with Gasteiger partial charge in [0.15, 0.2) is 0 Å². The van der Waals surface area contributed by atoms with Crippen LogP contribution in [0.5, 0.6) is 0 Å². The molecule has 2 aromatic carbocycles. The Balaban J connectivity index is 1.49. The van der Waals surface area contributed by atoms with E-state index >= 15 is 0 Å². The van der Waals surface area contributed by atoms with Crippen molar-refractivity contribution in [2.24, 2.45) is 0 Å². The number of nitrogens with zero attached hydrogens (tertiary/aromatic N) is 4. The zero-order valence-corrected chi connectivity index (χ0v) is 19.7. The first-order valence-electron chi connectivity index (χ1n) is 11.8. The lowest BCUT2D eigenvalue weighted by atomic mass is 10.1. The lowest BCUT2D eigenvalue weighted by Gasteiger charge is -2.30. The zero-order valence-electron chi connectivity index (χ0n) is 18.9. The number of carbonyl (C=O) groups excluding carboxylic acids is 1. The van der Waals surface area contributed by atoms with Crippen LogP contribution in [0.4, 0.5) is 0 Å². The van der Waals surface area contributed by atoms with E-state index in [9.17, 15) is 4.79 Å². The van der Waals surface area contributed by atoms with E-state index in [0.29, 0.717) is 6.54 Å². The van der Waals surface area contributed by atoms with Gasteiger partial charge in [-0.3, -0.25) is 9.69 Å². The summed E-state index contributed by atoms with van der Waals surface area (Å²) in [6.07, 6.45) is 3.37. The van der Waals surface area contributed by atoms with Crippen LogP contribution in [-0.4, -0.2) is 65.1 Å². The van der Waals surface area contributed by atoms with Gasteiger partial charge in [-0.15, -0.1) is 0 Å². The van der Waals surface area contributed by atoms with Crippen LogP contribution in [0.25, 0.3) is 10.9 Å². The molecule has 1 aromatic heterocycles. The summed E-state index contributed by atoms with van der Waals surface area (Å²) in [6.45, 7) is 5.64. The average Bonchev–Trinajstić information content (AvgIpc) is 2.88. The Kier molecular flexibility index (Phi) is 7.19. The molecule has 2 fully saturated rings. The van der Waals surface area contributed by atoms with Crippen molar-refractivity contribution >= 4 is 28.6 Å². The number of benzene rings is 2. The summed E-state index contributed by atoms with van der Waals surface area (Å²) in [5.74, 6) is 0.985. The minimum absolute atomic E-state index is 0.184. The highest BCUT2D eigenvalue weighted by atomic mass is 32.2. The summed E-state index contributed by atoms with van der Waals surface area (Å²) in [5.41, 5.74) is 1.95. The van der Waals surface area contributed by atoms with E-state index in [4.69, 9.17) is 14.7 Å². The van der Waals surface area contributed by atoms with E-state index < -0.39 is 0 Å². The predicted molar refractivity (Wildman–Crippen MR) is 131 cm³/mol. The van der Waals surface area contributed by atoms with Gasteiger partial charge >= 0.3 is 0 Å². The molecule has 3 aromatic rings. The third-order valence-electron chi connectivity index (χ3n) is 6.31. The molecule has 0 bridgehead atoms. The highest BCUT2D eigenvalue weighted by molar-refractivity contribution is 8.00. The summed E-state index contributed by atoms with van der Waals surface area (Å²) in [6, 6.07) is 18.2. The van der Waals surface area contributed by atoms with Gasteiger partial charge in [-0.05, 0) is 30.9 Å². The molecule has 0 N–H and O–H groups in total. The molecule has 2 aliphatic rings. The average molecular weight is 463 g/mol. The number of carbonyl (C=O) groups is 1. The quantitative estimate of drug-likeness (QED) is 0.402. The van der Waals surface area contributed by atoms with Crippen molar-refractivity contribution in [3.63, 3.8) is 0 Å². The molecular weight excluding hydrogens is 432 g/mol. The molecule has 7 heteroatoms. The lowest BCUT2D eigenvalue weighted by molar-refractivity contribution is -0.131. The molecule has 3 heterocycles. The van der Waals surface area contributed by atoms with E-state index in [-0.39, 0.29) is 11.2 Å². The molecule has 0 saturated carbocycles. The monoisotopic (exact) mass is 462 g/mol. The van der Waals surface area contributed by atoms with Gasteiger partial charge in [0.05, 0.1) is 25.3 Å². The molecule has 2 aliphatic heterocycles. The number of aromatic nitrogens is 2. The van der Waals surface area contributed by atoms with Gasteiger partial charge in [0, 0.05) is 31.6 Å². The normalized spacial score (nSPS) is 18.4. The number of rotatable bonds is 6. The number of para-hydroxylation sites is 1. The van der Waals surface area contributed by atoms with Crippen LogP contribution in [0.1, 0.15) is 35.9 Å². The Morgan fingerprint density at radius 1 is 0.909 bits per heavy atom. The molecule has 1 amide bonds. The maximum atomic E-state index is 13.7. The van der Waals surface area contributed by atoms with Crippen LogP contribution in [0.3, 0.4) is 0 Å². The number of hydrogen-bond donors (Lipinski definition) is 0. The minimum atomic E-state index is -0.321. The first-order valence-corrected chi connectivity index (χ1v) is 12.7. The standard InChI is InChI=1S/C26H30N4O2S/c31-26(30-13-7-2-8-14-30)24(20-9-3-1-4-10-20)33-25-21-11-5-6-12-22(21)27-23(28-25)19-29-15-17-32-18-16-29/h1,3-6,9-12,24H,2,7-8,13-19H2. The van der Waals surface area contributed by atoms with Crippen LogP contribution >= 0.6 is 11.8 Å². The highest BCUT2D eigenvalue weighted by Gasteiger charge is 2.29. The number of ether oxygens (including phenoxy) is 1. The molecule has 172 valence electrons. The van der Waals surface area contributed by atoms with E-state index in [1.165, 1.54) is 6.42 Å². The first kappa shape index (κ1) is 22.3. The maximum Gasteiger partial charge on any atom is 0.240 e. The number of likely N-dealkylation sites (tertiary alicyclic amines) is 1. The number of hydrogen-bond acceptors (Lipinski definition) is 6. The molecule has 0 spiro atoms. The Morgan fingerprint density at radius 3 is 2.42 bits per heavy atom. The third kappa shape index (κ3) is 5.37. The molecule has 0 aliphatic carbocycles. The van der Waals surface area contributed by atoms with Crippen molar-refractivity contribution in [2.45, 2.75) is 36.1 Å². The van der Waals surface area contributed by atoms with Crippen LogP contribution < -0.4 is 0 Å². The summed E-state index contributed by atoms with van der Waals surface area (Å²) >= 11 is 1.56. The van der Waals surface area contributed by atoms with Gasteiger partial charge in [0.1, 0.15) is 16.1 Å². The fraction of sp³-hybridized carbons (Fsp3) is 0.423. The van der Waals surface area contributed by atoms with E-state index in [0.717, 1.165) is 79.6 Å². The lowest BCUT2D eigenvalue weighted by Crippen LogP contribution is -2.38. The van der Waals surface area contributed by atoms with Crippen molar-refractivity contribution < 1.29 is 9.53 Å². The van der Waals surface area contributed by atoms with E-state index in [1.807, 2.05) is 41.3 Å². The summed E-state index contributed by atoms with van der Waals surface area (Å²) in [7, 11) is 0. The molecule has 2 saturated heterocycles. The SMILES string of the molecule is O=C(C(Sc1nc(CN2CCOCC2)nc2ccccc12)c1ccccc1)N1CCCCC1. The van der Waals surface area contributed by atoms with E-state index in [2.05, 4.69) is 23.1 Å². The van der Waals surface area contributed by atoms with Crippen LogP contribution in [0, 0.1) is 0 Å². The van der Waals surface area contributed by atoms with Gasteiger partial charge in [-0.2, -0.15) is 0 Å². The summed E-state index contributed by atoms with van der Waals surface area (Å²) in [5, 5.41) is 1.56. The van der Waals surface area contributed by atoms with Crippen molar-refractivity contribution in [3.8, 4) is 0 Å². The van der Waals surface area contributed by atoms with Gasteiger partial charge in [-0.1, -0.05) is 60.3 Å². The topological polar surface area (TPSA) is 58.6 Å². The predicted octanol–water partition coefficient (Wildman–Crippen LogP) is 4.31. The molecule has 1 unspecified atom stereocenters.